The van der Waals surface area contributed by atoms with E-state index in [1.54, 1.807) is 0 Å². The fourth-order valence-electron chi connectivity index (χ4n) is 2.73. The third kappa shape index (κ3) is 1.81. The Morgan fingerprint density at radius 2 is 2.14 bits per heavy atom. The van der Waals surface area contributed by atoms with Crippen LogP contribution >= 0.6 is 0 Å². The van der Waals surface area contributed by atoms with Crippen LogP contribution in [-0.2, 0) is 4.74 Å². The number of ether oxygens (including phenoxy) is 1. The van der Waals surface area contributed by atoms with Gasteiger partial charge in [0.05, 0.1) is 6.61 Å². The molecule has 14 heavy (non-hydrogen) atoms. The van der Waals surface area contributed by atoms with E-state index in [1.807, 2.05) is 6.92 Å². The zero-order valence-corrected chi connectivity index (χ0v) is 8.96. The lowest BCUT2D eigenvalue weighted by Gasteiger charge is -2.53. The summed E-state index contributed by atoms with van der Waals surface area (Å²) in [5.41, 5.74) is 0.502. The van der Waals surface area contributed by atoms with Crippen LogP contribution in [0.3, 0.4) is 0 Å². The van der Waals surface area contributed by atoms with Gasteiger partial charge in [-0.25, -0.2) is 0 Å². The van der Waals surface area contributed by atoms with Crippen molar-refractivity contribution in [1.29, 1.82) is 0 Å². The Bertz CT molecular complexity index is 190. The predicted molar refractivity (Wildman–Crippen MR) is 55.2 cm³/mol. The summed E-state index contributed by atoms with van der Waals surface area (Å²) in [7, 11) is 0. The molecule has 2 fully saturated rings. The summed E-state index contributed by atoms with van der Waals surface area (Å²) in [5, 5.41) is 12.5. The molecule has 0 aromatic rings. The van der Waals surface area contributed by atoms with Crippen LogP contribution in [0, 0.1) is 5.41 Å². The van der Waals surface area contributed by atoms with Gasteiger partial charge in [-0.15, -0.1) is 0 Å². The van der Waals surface area contributed by atoms with Gasteiger partial charge in [-0.05, 0) is 38.0 Å². The van der Waals surface area contributed by atoms with Crippen molar-refractivity contribution in [3.05, 3.63) is 0 Å². The van der Waals surface area contributed by atoms with Gasteiger partial charge in [0.1, 0.15) is 0 Å². The van der Waals surface area contributed by atoms with Crippen molar-refractivity contribution in [3.8, 4) is 0 Å². The molecule has 0 aromatic carbocycles. The third-order valence-corrected chi connectivity index (χ3v) is 3.92. The lowest BCUT2D eigenvalue weighted by atomic mass is 9.60. The molecule has 0 aromatic heterocycles. The van der Waals surface area contributed by atoms with Crippen molar-refractivity contribution >= 4 is 0 Å². The standard InChI is InChI=1S/C11H21NO2/c1-9(8-13)12-10-2-3-11(10)4-6-14-7-5-11/h9-10,12-13H,2-8H2,1H3/t9-,10?/m0/s1. The first-order valence-electron chi connectivity index (χ1n) is 5.71. The van der Waals surface area contributed by atoms with Crippen LogP contribution in [0.1, 0.15) is 32.6 Å². The number of hydrogen-bond donors (Lipinski definition) is 2. The maximum atomic E-state index is 9.00. The number of hydrogen-bond acceptors (Lipinski definition) is 3. The van der Waals surface area contributed by atoms with Crippen LogP contribution in [0.2, 0.25) is 0 Å². The predicted octanol–water partition coefficient (Wildman–Crippen LogP) is 0.916. The summed E-state index contributed by atoms with van der Waals surface area (Å²) < 4.78 is 5.40. The second kappa shape index (κ2) is 4.17. The quantitative estimate of drug-likeness (QED) is 0.710. The maximum absolute atomic E-state index is 9.00. The highest BCUT2D eigenvalue weighted by atomic mass is 16.5. The first-order valence-corrected chi connectivity index (χ1v) is 5.71. The molecular weight excluding hydrogens is 178 g/mol. The minimum Gasteiger partial charge on any atom is -0.395 e. The monoisotopic (exact) mass is 199 g/mol. The van der Waals surface area contributed by atoms with Crippen LogP contribution in [0.15, 0.2) is 0 Å². The minimum absolute atomic E-state index is 0.236. The van der Waals surface area contributed by atoms with Gasteiger partial charge < -0.3 is 15.2 Å². The van der Waals surface area contributed by atoms with Crippen LogP contribution in [0.5, 0.6) is 0 Å². The topological polar surface area (TPSA) is 41.5 Å². The van der Waals surface area contributed by atoms with E-state index in [0.29, 0.717) is 11.5 Å². The van der Waals surface area contributed by atoms with Gasteiger partial charge in [0.2, 0.25) is 0 Å². The Balaban J connectivity index is 1.87. The van der Waals surface area contributed by atoms with Crippen LogP contribution in [-0.4, -0.2) is 37.0 Å². The van der Waals surface area contributed by atoms with E-state index in [2.05, 4.69) is 5.32 Å². The minimum atomic E-state index is 0.236. The summed E-state index contributed by atoms with van der Waals surface area (Å²) >= 11 is 0. The van der Waals surface area contributed by atoms with E-state index in [9.17, 15) is 0 Å². The Hall–Kier alpha value is -0.120. The second-order valence-corrected chi connectivity index (χ2v) is 4.82. The van der Waals surface area contributed by atoms with Crippen molar-refractivity contribution in [2.75, 3.05) is 19.8 Å². The molecule has 2 N–H and O–H groups in total. The van der Waals surface area contributed by atoms with E-state index < -0.39 is 0 Å². The van der Waals surface area contributed by atoms with Crippen molar-refractivity contribution < 1.29 is 9.84 Å². The van der Waals surface area contributed by atoms with E-state index in [1.165, 1.54) is 25.7 Å². The summed E-state index contributed by atoms with van der Waals surface area (Å²) in [6.45, 7) is 4.13. The van der Waals surface area contributed by atoms with Crippen LogP contribution < -0.4 is 5.32 Å². The molecule has 3 heteroatoms. The molecule has 0 bridgehead atoms. The van der Waals surface area contributed by atoms with Crippen molar-refractivity contribution in [1.82, 2.24) is 5.32 Å². The average Bonchev–Trinajstić information content (AvgIpc) is 2.25. The zero-order valence-electron chi connectivity index (χ0n) is 8.96. The van der Waals surface area contributed by atoms with Gasteiger partial charge in [0.25, 0.3) is 0 Å². The summed E-state index contributed by atoms with van der Waals surface area (Å²) in [6, 6.07) is 0.855. The van der Waals surface area contributed by atoms with Gasteiger partial charge in [-0.3, -0.25) is 0 Å². The third-order valence-electron chi connectivity index (χ3n) is 3.92. The number of aliphatic hydroxyl groups excluding tert-OH is 1. The molecule has 1 saturated heterocycles. The molecule has 0 radical (unpaired) electrons. The number of rotatable bonds is 3. The normalized spacial score (nSPS) is 32.6. The first kappa shape index (κ1) is 10.4. The molecule has 1 spiro atoms. The van der Waals surface area contributed by atoms with Crippen molar-refractivity contribution in [2.45, 2.75) is 44.7 Å². The van der Waals surface area contributed by atoms with Gasteiger partial charge in [-0.1, -0.05) is 0 Å². The Labute approximate surface area is 85.8 Å². The van der Waals surface area contributed by atoms with Gasteiger partial charge in [-0.2, -0.15) is 0 Å². The largest absolute Gasteiger partial charge is 0.395 e. The molecule has 1 saturated carbocycles. The second-order valence-electron chi connectivity index (χ2n) is 4.82. The van der Waals surface area contributed by atoms with Crippen LogP contribution in [0.4, 0.5) is 0 Å². The Kier molecular flexibility index (Phi) is 3.10. The molecule has 2 atom stereocenters. The SMILES string of the molecule is C[C@@H](CO)NC1CCC12CCOCC2. The van der Waals surface area contributed by atoms with E-state index in [-0.39, 0.29) is 12.6 Å². The van der Waals surface area contributed by atoms with Crippen molar-refractivity contribution in [3.63, 3.8) is 0 Å². The highest BCUT2D eigenvalue weighted by Crippen LogP contribution is 2.48. The van der Waals surface area contributed by atoms with E-state index in [0.717, 1.165) is 13.2 Å². The van der Waals surface area contributed by atoms with Gasteiger partial charge in [0, 0.05) is 25.3 Å². The van der Waals surface area contributed by atoms with Gasteiger partial charge >= 0.3 is 0 Å². The lowest BCUT2D eigenvalue weighted by Crippen LogP contribution is -2.58. The number of nitrogens with one attached hydrogen (secondary N) is 1. The fourth-order valence-corrected chi connectivity index (χ4v) is 2.73. The van der Waals surface area contributed by atoms with E-state index >= 15 is 0 Å². The van der Waals surface area contributed by atoms with E-state index in [4.69, 9.17) is 9.84 Å². The molecule has 1 aliphatic heterocycles. The molecule has 1 unspecified atom stereocenters. The fraction of sp³-hybridized carbons (Fsp3) is 1.00. The molecule has 82 valence electrons. The smallest absolute Gasteiger partial charge is 0.0582 e. The summed E-state index contributed by atoms with van der Waals surface area (Å²) in [4.78, 5) is 0. The molecule has 2 aliphatic rings. The highest BCUT2D eigenvalue weighted by molar-refractivity contribution is 5.01. The molecule has 2 rings (SSSR count). The summed E-state index contributed by atoms with van der Waals surface area (Å²) in [6.07, 6.45) is 5.00. The van der Waals surface area contributed by atoms with Gasteiger partial charge in [0.15, 0.2) is 0 Å². The molecular formula is C11H21NO2. The summed E-state index contributed by atoms with van der Waals surface area (Å²) in [5.74, 6) is 0. The molecule has 1 aliphatic carbocycles. The number of aliphatic hydroxyl groups is 1. The highest BCUT2D eigenvalue weighted by Gasteiger charge is 2.47. The lowest BCUT2D eigenvalue weighted by molar-refractivity contribution is -0.0586. The molecule has 3 nitrogen and oxygen atoms in total. The van der Waals surface area contributed by atoms with Crippen molar-refractivity contribution in [2.24, 2.45) is 5.41 Å². The zero-order chi connectivity index (χ0) is 10.0. The van der Waals surface area contributed by atoms with Crippen LogP contribution in [0.25, 0.3) is 0 Å². The molecule has 0 amide bonds. The Morgan fingerprint density at radius 1 is 1.43 bits per heavy atom. The average molecular weight is 199 g/mol. The maximum Gasteiger partial charge on any atom is 0.0582 e. The Morgan fingerprint density at radius 3 is 2.64 bits per heavy atom. The first-order chi connectivity index (χ1) is 6.77. The molecule has 1 heterocycles.